The van der Waals surface area contributed by atoms with Crippen LogP contribution in [-0.2, 0) is 14.1 Å². The van der Waals surface area contributed by atoms with Crippen molar-refractivity contribution in [2.24, 2.45) is 14.1 Å². The van der Waals surface area contributed by atoms with Crippen molar-refractivity contribution < 1.29 is 4.57 Å². The Kier molecular flexibility index (Phi) is 5.56. The van der Waals surface area contributed by atoms with Gasteiger partial charge in [0.25, 0.3) is 0 Å². The number of fused-ring (bicyclic) bond motifs is 4. The molecule has 2 heteroatoms. The largest absolute Gasteiger partial charge is 0.358 e. The van der Waals surface area contributed by atoms with Crippen molar-refractivity contribution in [3.63, 3.8) is 0 Å². The summed E-state index contributed by atoms with van der Waals surface area (Å²) in [6.07, 6.45) is 6.55. The zero-order valence-electron chi connectivity index (χ0n) is 16.6. The number of hydrogen-bond donors (Lipinski definition) is 0. The molecule has 0 spiro atoms. The lowest BCUT2D eigenvalue weighted by Gasteiger charge is -2.01. The summed E-state index contributed by atoms with van der Waals surface area (Å²) in [7, 11) is 4.22. The fraction of sp³-hybridized carbons (Fsp3) is 0.111. The van der Waals surface area contributed by atoms with Crippen LogP contribution in [0.1, 0.15) is 18.6 Å². The second kappa shape index (κ2) is 7.92. The molecule has 0 saturated carbocycles. The third-order valence-corrected chi connectivity index (χ3v) is 5.47. The van der Waals surface area contributed by atoms with Crippen LogP contribution in [0, 0.1) is 7.43 Å². The normalized spacial score (nSPS) is 11.1. The second-order valence-corrected chi connectivity index (χ2v) is 7.09. The maximum atomic E-state index is 2.29. The first-order valence-electron chi connectivity index (χ1n) is 9.25. The minimum Gasteiger partial charge on any atom is -0.358 e. The van der Waals surface area contributed by atoms with Gasteiger partial charge in [-0.1, -0.05) is 56.0 Å². The summed E-state index contributed by atoms with van der Waals surface area (Å²) < 4.78 is 4.43. The molecule has 0 aliphatic heterocycles. The van der Waals surface area contributed by atoms with Gasteiger partial charge in [-0.15, -0.1) is 0 Å². The molecule has 146 valence electrons. The number of pyridine rings is 1. The minimum absolute atomic E-state index is 0. The first kappa shape index (κ1) is 20.3. The summed E-state index contributed by atoms with van der Waals surface area (Å²) in [5.41, 5.74) is 6.24. The molecule has 5 rings (SSSR count). The molecule has 0 aliphatic carbocycles. The molecule has 0 atom stereocenters. The van der Waals surface area contributed by atoms with Gasteiger partial charge in [-0.2, -0.15) is 0 Å². The maximum Gasteiger partial charge on any atom is 0.212 e. The van der Waals surface area contributed by atoms with Gasteiger partial charge in [-0.05, 0) is 35.4 Å². The van der Waals surface area contributed by atoms with Crippen molar-refractivity contribution >= 4 is 44.9 Å². The van der Waals surface area contributed by atoms with Gasteiger partial charge in [0.05, 0.1) is 5.39 Å². The third kappa shape index (κ3) is 3.31. The first-order chi connectivity index (χ1) is 13.2. The van der Waals surface area contributed by atoms with Gasteiger partial charge >= 0.3 is 0 Å². The topological polar surface area (TPSA) is 8.81 Å². The van der Waals surface area contributed by atoms with Crippen LogP contribution >= 0.6 is 0 Å². The number of nitrogens with zero attached hydrogens (tertiary/aromatic N) is 2. The number of rotatable bonds is 2. The summed E-state index contributed by atoms with van der Waals surface area (Å²) >= 11 is 0. The van der Waals surface area contributed by atoms with Crippen LogP contribution in [0.5, 0.6) is 0 Å². The second-order valence-electron chi connectivity index (χ2n) is 7.09. The highest BCUT2D eigenvalue weighted by atomic mass is 14.9. The van der Waals surface area contributed by atoms with Crippen molar-refractivity contribution in [3.05, 3.63) is 97.5 Å². The van der Waals surface area contributed by atoms with E-state index in [-0.39, 0.29) is 14.9 Å². The lowest BCUT2D eigenvalue weighted by molar-refractivity contribution is -0.644. The Bertz CT molecular complexity index is 1340. The molecule has 5 aromatic rings. The molecule has 29 heavy (non-hydrogen) atoms. The van der Waals surface area contributed by atoms with E-state index in [1.54, 1.807) is 0 Å². The smallest absolute Gasteiger partial charge is 0.212 e. The van der Waals surface area contributed by atoms with Crippen LogP contribution in [0.4, 0.5) is 0 Å². The predicted molar refractivity (Wildman–Crippen MR) is 128 cm³/mol. The standard InChI is InChI=1S/C25H21N2.CH4.CH3/c1-26-16-15-19(20-7-3-5-9-23(20)26)13-11-18-12-14-25-22(17-18)21-8-4-6-10-24(21)27(25)2;;/h3-17H,1-2H3;1H4;1H3/q+1;;-1. The van der Waals surface area contributed by atoms with Crippen LogP contribution in [0.3, 0.4) is 0 Å². The Morgan fingerprint density at radius 2 is 1.45 bits per heavy atom. The number of hydrogen-bond acceptors (Lipinski definition) is 0. The molecule has 0 N–H and O–H groups in total. The van der Waals surface area contributed by atoms with Crippen LogP contribution < -0.4 is 4.57 Å². The van der Waals surface area contributed by atoms with Crippen LogP contribution in [0.25, 0.3) is 44.9 Å². The molecule has 0 fully saturated rings. The molecule has 2 heterocycles. The van der Waals surface area contributed by atoms with Crippen molar-refractivity contribution in [2.45, 2.75) is 7.43 Å². The average molecular weight is 381 g/mol. The maximum absolute atomic E-state index is 2.29. The highest BCUT2D eigenvalue weighted by molar-refractivity contribution is 6.08. The Morgan fingerprint density at radius 3 is 2.28 bits per heavy atom. The van der Waals surface area contributed by atoms with E-state index in [0.717, 1.165) is 0 Å². The average Bonchev–Trinajstić information content (AvgIpc) is 3.00. The number of aromatic nitrogens is 2. The van der Waals surface area contributed by atoms with Gasteiger partial charge in [0.15, 0.2) is 6.20 Å². The van der Waals surface area contributed by atoms with E-state index < -0.39 is 0 Å². The predicted octanol–water partition coefficient (Wildman–Crippen LogP) is 6.57. The fourth-order valence-electron chi connectivity index (χ4n) is 4.01. The van der Waals surface area contributed by atoms with Crippen LogP contribution in [0.15, 0.2) is 79.0 Å². The van der Waals surface area contributed by atoms with E-state index in [0.29, 0.717) is 0 Å². The molecular formula is C27H28N2. The zero-order chi connectivity index (χ0) is 18.4. The van der Waals surface area contributed by atoms with Crippen LogP contribution in [-0.4, -0.2) is 4.57 Å². The Hall–Kier alpha value is -3.39. The Labute approximate surface area is 173 Å². The number of para-hydroxylation sites is 2. The van der Waals surface area contributed by atoms with Gasteiger partial charge < -0.3 is 12.0 Å². The van der Waals surface area contributed by atoms with Gasteiger partial charge in [0.1, 0.15) is 7.05 Å². The van der Waals surface area contributed by atoms with E-state index in [1.165, 1.54) is 43.8 Å². The number of benzene rings is 3. The van der Waals surface area contributed by atoms with Gasteiger partial charge in [0, 0.05) is 41.0 Å². The third-order valence-electron chi connectivity index (χ3n) is 5.47. The van der Waals surface area contributed by atoms with E-state index in [9.17, 15) is 0 Å². The monoisotopic (exact) mass is 380 g/mol. The molecule has 3 aromatic carbocycles. The Morgan fingerprint density at radius 1 is 0.759 bits per heavy atom. The van der Waals surface area contributed by atoms with Crippen molar-refractivity contribution in [1.82, 2.24) is 4.57 Å². The lowest BCUT2D eigenvalue weighted by Crippen LogP contribution is -2.28. The number of aryl methyl sites for hydroxylation is 2. The minimum atomic E-state index is 0. The zero-order valence-corrected chi connectivity index (χ0v) is 16.6. The van der Waals surface area contributed by atoms with Crippen molar-refractivity contribution in [2.75, 3.05) is 0 Å². The van der Waals surface area contributed by atoms with Crippen molar-refractivity contribution in [1.29, 1.82) is 0 Å². The summed E-state index contributed by atoms with van der Waals surface area (Å²) in [6, 6.07) is 26.0. The first-order valence-corrected chi connectivity index (χ1v) is 9.25. The summed E-state index contributed by atoms with van der Waals surface area (Å²) in [5, 5.41) is 3.88. The molecule has 0 saturated heterocycles. The molecule has 0 aliphatic rings. The highest BCUT2D eigenvalue weighted by Crippen LogP contribution is 2.29. The molecule has 2 nitrogen and oxygen atoms in total. The lowest BCUT2D eigenvalue weighted by atomic mass is 10.1. The van der Waals surface area contributed by atoms with Crippen LogP contribution in [0.2, 0.25) is 0 Å². The van der Waals surface area contributed by atoms with E-state index in [4.69, 9.17) is 0 Å². The van der Waals surface area contributed by atoms with E-state index in [2.05, 4.69) is 114 Å². The highest BCUT2D eigenvalue weighted by Gasteiger charge is 2.08. The molecule has 0 radical (unpaired) electrons. The molecule has 2 aromatic heterocycles. The van der Waals surface area contributed by atoms with Gasteiger partial charge in [0.2, 0.25) is 5.52 Å². The fourth-order valence-corrected chi connectivity index (χ4v) is 4.01. The SMILES string of the molecule is C.Cn1c2ccccc2c2cc(/C=C/c3cc[n+](C)c4ccccc34)ccc21.[CH3-]. The molecule has 0 amide bonds. The Balaban J connectivity index is 0.00000120. The van der Waals surface area contributed by atoms with Gasteiger partial charge in [-0.25, -0.2) is 4.57 Å². The molecule has 0 bridgehead atoms. The summed E-state index contributed by atoms with van der Waals surface area (Å²) in [5.74, 6) is 0. The van der Waals surface area contributed by atoms with E-state index >= 15 is 0 Å². The summed E-state index contributed by atoms with van der Waals surface area (Å²) in [4.78, 5) is 0. The quantitative estimate of drug-likeness (QED) is 0.242. The molecule has 0 unspecified atom stereocenters. The van der Waals surface area contributed by atoms with Crippen molar-refractivity contribution in [3.8, 4) is 0 Å². The van der Waals surface area contributed by atoms with Gasteiger partial charge in [-0.3, -0.25) is 0 Å². The molecular weight excluding hydrogens is 352 g/mol. The summed E-state index contributed by atoms with van der Waals surface area (Å²) in [6.45, 7) is 0. The van der Waals surface area contributed by atoms with E-state index in [1.807, 2.05) is 0 Å².